The largest absolute Gasteiger partial charge is 0.496 e. The summed E-state index contributed by atoms with van der Waals surface area (Å²) in [6.07, 6.45) is 3.37. The van der Waals surface area contributed by atoms with Crippen LogP contribution in [-0.2, 0) is 12.8 Å². The van der Waals surface area contributed by atoms with Crippen molar-refractivity contribution in [2.24, 2.45) is 10.7 Å². The molecule has 3 rings (SSSR count). The first kappa shape index (κ1) is 13.3. The smallest absolute Gasteiger partial charge is 0.178 e. The van der Waals surface area contributed by atoms with Gasteiger partial charge in [-0.3, -0.25) is 4.99 Å². The summed E-state index contributed by atoms with van der Waals surface area (Å²) in [4.78, 5) is 4.18. The van der Waals surface area contributed by atoms with E-state index in [1.165, 1.54) is 0 Å². The summed E-state index contributed by atoms with van der Waals surface area (Å²) < 4.78 is 5.42. The van der Waals surface area contributed by atoms with E-state index >= 15 is 0 Å². The van der Waals surface area contributed by atoms with Gasteiger partial charge in [-0.05, 0) is 22.8 Å². The van der Waals surface area contributed by atoms with Gasteiger partial charge in [-0.2, -0.15) is 5.21 Å². The Morgan fingerprint density at radius 3 is 2.90 bits per heavy atom. The lowest BCUT2D eigenvalue weighted by molar-refractivity contribution is 0.410. The Morgan fingerprint density at radius 2 is 2.24 bits per heavy atom. The fraction of sp³-hybridized carbons (Fsp3) is 0.286. The van der Waals surface area contributed by atoms with Crippen LogP contribution < -0.4 is 10.5 Å². The molecule has 3 N–H and O–H groups in total. The van der Waals surface area contributed by atoms with Crippen molar-refractivity contribution in [1.82, 2.24) is 20.6 Å². The highest BCUT2D eigenvalue weighted by molar-refractivity contribution is 5.99. The van der Waals surface area contributed by atoms with E-state index in [1.807, 2.05) is 18.2 Å². The molecule has 1 aromatic carbocycles. The highest BCUT2D eigenvalue weighted by atomic mass is 16.5. The number of nitrogens with zero attached hydrogens (tertiary/aromatic N) is 4. The van der Waals surface area contributed by atoms with E-state index in [1.54, 1.807) is 7.11 Å². The Kier molecular flexibility index (Phi) is 3.63. The van der Waals surface area contributed by atoms with E-state index in [0.29, 0.717) is 31.0 Å². The number of benzene rings is 1. The summed E-state index contributed by atoms with van der Waals surface area (Å²) in [5.41, 5.74) is 9.09. The normalized spacial score (nSPS) is 14.0. The van der Waals surface area contributed by atoms with Crippen molar-refractivity contribution in [1.29, 1.82) is 0 Å². The lowest BCUT2D eigenvalue weighted by Crippen LogP contribution is -2.14. The van der Waals surface area contributed by atoms with E-state index in [2.05, 4.69) is 31.7 Å². The number of tetrazole rings is 1. The SMILES string of the molecule is COc1ccc(Cc2nn[nH]n2)cc1CC1=CCN=C1N. The molecule has 2 aromatic rings. The van der Waals surface area contributed by atoms with Gasteiger partial charge in [0.15, 0.2) is 5.82 Å². The Labute approximate surface area is 121 Å². The van der Waals surface area contributed by atoms with Crippen molar-refractivity contribution in [3.05, 3.63) is 46.8 Å². The molecule has 0 bridgehead atoms. The predicted octanol–water partition coefficient (Wildman–Crippen LogP) is 0.639. The first-order valence-corrected chi connectivity index (χ1v) is 6.63. The van der Waals surface area contributed by atoms with Crippen molar-refractivity contribution in [3.8, 4) is 5.75 Å². The zero-order valence-corrected chi connectivity index (χ0v) is 11.7. The minimum absolute atomic E-state index is 0.612. The Hall–Kier alpha value is -2.70. The molecule has 2 heterocycles. The molecule has 0 spiro atoms. The van der Waals surface area contributed by atoms with Crippen LogP contribution in [-0.4, -0.2) is 40.1 Å². The zero-order chi connectivity index (χ0) is 14.7. The molecule has 1 aliphatic heterocycles. The number of H-pyrrole nitrogens is 1. The van der Waals surface area contributed by atoms with Crippen molar-refractivity contribution in [3.63, 3.8) is 0 Å². The van der Waals surface area contributed by atoms with Crippen molar-refractivity contribution in [2.75, 3.05) is 13.7 Å². The van der Waals surface area contributed by atoms with Crippen LogP contribution in [0.1, 0.15) is 17.0 Å². The molecule has 0 saturated carbocycles. The zero-order valence-electron chi connectivity index (χ0n) is 11.7. The maximum Gasteiger partial charge on any atom is 0.178 e. The standard InChI is InChI=1S/C14H16N6O/c1-21-12-3-2-9(7-13-17-19-20-18-13)6-11(12)8-10-4-5-16-14(10)15/h2-4,6H,5,7-8H2,1H3,(H2,15,16)(H,17,18,19,20). The molecule has 0 unspecified atom stereocenters. The molecule has 0 fully saturated rings. The molecule has 0 radical (unpaired) electrons. The number of rotatable bonds is 5. The second kappa shape index (κ2) is 5.74. The van der Waals surface area contributed by atoms with E-state index < -0.39 is 0 Å². The van der Waals surface area contributed by atoms with Gasteiger partial charge in [0.1, 0.15) is 11.6 Å². The van der Waals surface area contributed by atoms with Crippen LogP contribution >= 0.6 is 0 Å². The summed E-state index contributed by atoms with van der Waals surface area (Å²) in [6.45, 7) is 0.659. The highest BCUT2D eigenvalue weighted by Gasteiger charge is 2.13. The number of ether oxygens (including phenoxy) is 1. The Morgan fingerprint density at radius 1 is 1.33 bits per heavy atom. The minimum atomic E-state index is 0.612. The van der Waals surface area contributed by atoms with Gasteiger partial charge >= 0.3 is 0 Å². The van der Waals surface area contributed by atoms with Crippen LogP contribution in [0.25, 0.3) is 0 Å². The molecule has 7 heteroatoms. The second-order valence-corrected chi connectivity index (χ2v) is 4.78. The van der Waals surface area contributed by atoms with Crippen LogP contribution in [0.15, 0.2) is 34.8 Å². The number of methoxy groups -OCH3 is 1. The van der Waals surface area contributed by atoms with E-state index in [-0.39, 0.29) is 0 Å². The predicted molar refractivity (Wildman–Crippen MR) is 78.3 cm³/mol. The average molecular weight is 284 g/mol. The van der Waals surface area contributed by atoms with Gasteiger partial charge in [0.25, 0.3) is 0 Å². The Bertz CT molecular complexity index is 689. The third kappa shape index (κ3) is 2.91. The summed E-state index contributed by atoms with van der Waals surface area (Å²) in [7, 11) is 1.66. The number of aromatic nitrogens is 4. The van der Waals surface area contributed by atoms with Crippen LogP contribution in [0.5, 0.6) is 5.75 Å². The van der Waals surface area contributed by atoms with Crippen molar-refractivity contribution < 1.29 is 4.74 Å². The van der Waals surface area contributed by atoms with E-state index in [0.717, 1.165) is 22.4 Å². The fourth-order valence-corrected chi connectivity index (χ4v) is 2.35. The van der Waals surface area contributed by atoms with Crippen LogP contribution in [0, 0.1) is 0 Å². The number of amidine groups is 1. The van der Waals surface area contributed by atoms with Gasteiger partial charge in [-0.25, -0.2) is 0 Å². The molecule has 1 aromatic heterocycles. The number of hydrogen-bond donors (Lipinski definition) is 2. The molecule has 0 aliphatic carbocycles. The maximum absolute atomic E-state index is 5.87. The van der Waals surface area contributed by atoms with Gasteiger partial charge in [0.2, 0.25) is 0 Å². The molecule has 7 nitrogen and oxygen atoms in total. The number of hydrogen-bond acceptors (Lipinski definition) is 6. The molecular formula is C14H16N6O. The molecular weight excluding hydrogens is 268 g/mol. The van der Waals surface area contributed by atoms with E-state index in [4.69, 9.17) is 10.5 Å². The van der Waals surface area contributed by atoms with Gasteiger partial charge in [0, 0.05) is 12.8 Å². The van der Waals surface area contributed by atoms with E-state index in [9.17, 15) is 0 Å². The summed E-state index contributed by atoms with van der Waals surface area (Å²) in [5.74, 6) is 2.11. The lowest BCUT2D eigenvalue weighted by Gasteiger charge is -2.11. The average Bonchev–Trinajstić information content (AvgIpc) is 3.12. The van der Waals surface area contributed by atoms with Crippen LogP contribution in [0.2, 0.25) is 0 Å². The molecule has 21 heavy (non-hydrogen) atoms. The molecule has 0 saturated heterocycles. The van der Waals surface area contributed by atoms with Crippen molar-refractivity contribution in [2.45, 2.75) is 12.8 Å². The number of nitrogens with one attached hydrogen (secondary N) is 1. The van der Waals surface area contributed by atoms with Gasteiger partial charge in [-0.1, -0.05) is 23.4 Å². The highest BCUT2D eigenvalue weighted by Crippen LogP contribution is 2.24. The quantitative estimate of drug-likeness (QED) is 0.838. The third-order valence-electron chi connectivity index (χ3n) is 3.41. The van der Waals surface area contributed by atoms with Gasteiger partial charge in [-0.15, -0.1) is 10.2 Å². The number of aliphatic imine (C=N–C) groups is 1. The Balaban J connectivity index is 1.85. The summed E-state index contributed by atoms with van der Waals surface area (Å²) in [5, 5.41) is 14.0. The fourth-order valence-electron chi connectivity index (χ4n) is 2.35. The molecule has 1 aliphatic rings. The van der Waals surface area contributed by atoms with Crippen LogP contribution in [0.3, 0.4) is 0 Å². The monoisotopic (exact) mass is 284 g/mol. The first-order valence-electron chi connectivity index (χ1n) is 6.63. The van der Waals surface area contributed by atoms with Crippen molar-refractivity contribution >= 4 is 5.84 Å². The van der Waals surface area contributed by atoms with Crippen LogP contribution in [0.4, 0.5) is 0 Å². The summed E-state index contributed by atoms with van der Waals surface area (Å²) in [6, 6.07) is 6.04. The minimum Gasteiger partial charge on any atom is -0.496 e. The molecule has 0 atom stereocenters. The molecule has 0 amide bonds. The van der Waals surface area contributed by atoms with Gasteiger partial charge < -0.3 is 10.5 Å². The third-order valence-corrected chi connectivity index (χ3v) is 3.41. The lowest BCUT2D eigenvalue weighted by atomic mass is 10.00. The summed E-state index contributed by atoms with van der Waals surface area (Å²) >= 11 is 0. The second-order valence-electron chi connectivity index (χ2n) is 4.78. The maximum atomic E-state index is 5.87. The van der Waals surface area contributed by atoms with Gasteiger partial charge in [0.05, 0.1) is 13.7 Å². The number of nitrogens with two attached hydrogens (primary N) is 1. The topological polar surface area (TPSA) is 102 Å². The first-order chi connectivity index (χ1) is 10.3. The number of aromatic amines is 1. The molecule has 108 valence electrons.